The summed E-state index contributed by atoms with van der Waals surface area (Å²) in [6.07, 6.45) is -8.59. The zero-order valence-electron chi connectivity index (χ0n) is 17.6. The van der Waals surface area contributed by atoms with E-state index < -0.39 is 44.4 Å². The van der Waals surface area contributed by atoms with E-state index in [1.54, 1.807) is 11.8 Å². The number of piperazine rings is 1. The molecule has 0 saturated carbocycles. The van der Waals surface area contributed by atoms with E-state index in [0.717, 1.165) is 17.1 Å². The van der Waals surface area contributed by atoms with Crippen molar-refractivity contribution in [2.45, 2.75) is 50.0 Å². The van der Waals surface area contributed by atoms with Gasteiger partial charge in [0.2, 0.25) is 15.9 Å². The summed E-state index contributed by atoms with van der Waals surface area (Å²) >= 11 is 0. The zero-order chi connectivity index (χ0) is 24.3. The van der Waals surface area contributed by atoms with Crippen molar-refractivity contribution in [2.75, 3.05) is 32.7 Å². The van der Waals surface area contributed by atoms with Gasteiger partial charge in [-0.3, -0.25) is 9.69 Å². The van der Waals surface area contributed by atoms with E-state index in [0.29, 0.717) is 6.54 Å². The molecule has 0 aliphatic carbocycles. The summed E-state index contributed by atoms with van der Waals surface area (Å²) in [6, 6.07) is -0.251. The highest BCUT2D eigenvalue weighted by atomic mass is 32.2. The van der Waals surface area contributed by atoms with E-state index in [1.807, 2.05) is 6.92 Å². The lowest BCUT2D eigenvalue weighted by atomic mass is 10.1. The van der Waals surface area contributed by atoms with Gasteiger partial charge in [0.1, 0.15) is 0 Å². The molecule has 0 bridgehead atoms. The molecule has 0 spiro atoms. The van der Waals surface area contributed by atoms with Crippen LogP contribution in [0.3, 0.4) is 0 Å². The third-order valence-electron chi connectivity index (χ3n) is 5.23. The fourth-order valence-corrected chi connectivity index (χ4v) is 4.75. The molecule has 2 rings (SSSR count). The molecule has 1 aliphatic rings. The number of unbranched alkanes of at least 4 members (excludes halogenated alkanes) is 1. The maximum Gasteiger partial charge on any atom is 0.416 e. The first-order chi connectivity index (χ1) is 14.7. The van der Waals surface area contributed by atoms with Gasteiger partial charge >= 0.3 is 12.4 Å². The predicted octanol–water partition coefficient (Wildman–Crippen LogP) is 3.34. The third-order valence-corrected chi connectivity index (χ3v) is 7.11. The summed E-state index contributed by atoms with van der Waals surface area (Å²) in [7, 11) is -4.61. The summed E-state index contributed by atoms with van der Waals surface area (Å²) in [6.45, 7) is 3.98. The Morgan fingerprint density at radius 3 is 1.94 bits per heavy atom. The van der Waals surface area contributed by atoms with Crippen molar-refractivity contribution in [2.24, 2.45) is 0 Å². The molecule has 1 aromatic rings. The first kappa shape index (κ1) is 26.4. The number of hydrogen-bond acceptors (Lipinski definition) is 4. The monoisotopic (exact) mass is 489 g/mol. The van der Waals surface area contributed by atoms with Crippen LogP contribution in [0.1, 0.15) is 37.8 Å². The van der Waals surface area contributed by atoms with Crippen molar-refractivity contribution in [3.63, 3.8) is 0 Å². The van der Waals surface area contributed by atoms with E-state index >= 15 is 0 Å². The van der Waals surface area contributed by atoms with Crippen molar-refractivity contribution in [1.82, 2.24) is 14.5 Å². The van der Waals surface area contributed by atoms with Crippen LogP contribution in [0.15, 0.2) is 23.1 Å². The Hall–Kier alpha value is -1.86. The summed E-state index contributed by atoms with van der Waals surface area (Å²) < 4.78 is 105. The van der Waals surface area contributed by atoms with E-state index in [1.165, 1.54) is 0 Å². The van der Waals surface area contributed by atoms with Gasteiger partial charge in [-0.15, -0.1) is 0 Å². The number of alkyl halides is 6. The number of halogens is 6. The van der Waals surface area contributed by atoms with Gasteiger partial charge in [0.05, 0.1) is 22.1 Å². The largest absolute Gasteiger partial charge is 0.416 e. The maximum atomic E-state index is 13.1. The van der Waals surface area contributed by atoms with Gasteiger partial charge in [0, 0.05) is 32.7 Å². The minimum Gasteiger partial charge on any atom is -0.355 e. The Bertz CT molecular complexity index is 878. The minimum atomic E-state index is -5.15. The van der Waals surface area contributed by atoms with Crippen molar-refractivity contribution < 1.29 is 39.6 Å². The van der Waals surface area contributed by atoms with E-state index in [2.05, 4.69) is 5.32 Å². The molecule has 1 heterocycles. The van der Waals surface area contributed by atoms with Crippen molar-refractivity contribution in [3.05, 3.63) is 29.3 Å². The van der Waals surface area contributed by atoms with Crippen LogP contribution >= 0.6 is 0 Å². The number of nitrogens with zero attached hydrogens (tertiary/aromatic N) is 2. The van der Waals surface area contributed by atoms with Crippen LogP contribution in [0.5, 0.6) is 0 Å². The van der Waals surface area contributed by atoms with Crippen LogP contribution in [0, 0.1) is 0 Å². The van der Waals surface area contributed by atoms with Crippen molar-refractivity contribution in [3.8, 4) is 0 Å². The lowest BCUT2D eigenvalue weighted by Crippen LogP contribution is -2.54. The Morgan fingerprint density at radius 2 is 1.50 bits per heavy atom. The number of carbonyl (C=O) groups is 1. The molecule has 182 valence electrons. The minimum absolute atomic E-state index is 0.104. The summed E-state index contributed by atoms with van der Waals surface area (Å²) in [4.78, 5) is 12.8. The van der Waals surface area contributed by atoms with Crippen LogP contribution in [-0.4, -0.2) is 62.3 Å². The van der Waals surface area contributed by atoms with Crippen LogP contribution in [0.4, 0.5) is 26.3 Å². The van der Waals surface area contributed by atoms with Crippen LogP contribution in [-0.2, 0) is 27.2 Å². The highest BCUT2D eigenvalue weighted by molar-refractivity contribution is 7.89. The molecule has 1 unspecified atom stereocenters. The van der Waals surface area contributed by atoms with Gasteiger partial charge in [0.25, 0.3) is 0 Å². The van der Waals surface area contributed by atoms with Gasteiger partial charge in [0.15, 0.2) is 0 Å². The standard InChI is InChI=1S/C19H25F6N3O3S/c1-3-4-5-26-17(29)13(2)27-6-8-28(9-7-27)32(30,31)16-11-14(18(20,21)22)10-15(12-16)19(23,24)25/h10-13H,3-9H2,1-2H3,(H,26,29). The van der Waals surface area contributed by atoms with Gasteiger partial charge in [-0.05, 0) is 31.5 Å². The highest BCUT2D eigenvalue weighted by Gasteiger charge is 2.40. The number of carbonyl (C=O) groups excluding carboxylic acids is 1. The molecule has 6 nitrogen and oxygen atoms in total. The maximum absolute atomic E-state index is 13.1. The second kappa shape index (κ2) is 9.96. The highest BCUT2D eigenvalue weighted by Crippen LogP contribution is 2.37. The molecule has 1 amide bonds. The fraction of sp³-hybridized carbons (Fsp3) is 0.632. The molecule has 0 radical (unpaired) electrons. The average Bonchev–Trinajstić information content (AvgIpc) is 2.71. The Kier molecular flexibility index (Phi) is 8.21. The quantitative estimate of drug-likeness (QED) is 0.471. The van der Waals surface area contributed by atoms with Gasteiger partial charge in [-0.2, -0.15) is 30.6 Å². The molecule has 13 heteroatoms. The number of amides is 1. The second-order valence-corrected chi connectivity index (χ2v) is 9.44. The van der Waals surface area contributed by atoms with Crippen LogP contribution < -0.4 is 5.32 Å². The van der Waals surface area contributed by atoms with Crippen molar-refractivity contribution >= 4 is 15.9 Å². The van der Waals surface area contributed by atoms with Crippen LogP contribution in [0.25, 0.3) is 0 Å². The molecule has 1 aromatic carbocycles. The zero-order valence-corrected chi connectivity index (χ0v) is 18.4. The van der Waals surface area contributed by atoms with E-state index in [-0.39, 0.29) is 50.3 Å². The summed E-state index contributed by atoms with van der Waals surface area (Å²) in [5, 5.41) is 2.76. The second-order valence-electron chi connectivity index (χ2n) is 7.50. The predicted molar refractivity (Wildman–Crippen MR) is 104 cm³/mol. The van der Waals surface area contributed by atoms with E-state index in [4.69, 9.17) is 0 Å². The third kappa shape index (κ3) is 6.35. The SMILES string of the molecule is CCCCNC(=O)C(C)N1CCN(S(=O)(=O)c2cc(C(F)(F)F)cc(C(F)(F)F)c2)CC1. The lowest BCUT2D eigenvalue weighted by Gasteiger charge is -2.36. The molecule has 0 aromatic heterocycles. The van der Waals surface area contributed by atoms with Gasteiger partial charge in [-0.25, -0.2) is 8.42 Å². The molecular weight excluding hydrogens is 464 g/mol. The Balaban J connectivity index is 2.19. The van der Waals surface area contributed by atoms with Crippen molar-refractivity contribution in [1.29, 1.82) is 0 Å². The topological polar surface area (TPSA) is 69.7 Å². The first-order valence-corrected chi connectivity index (χ1v) is 11.4. The summed E-state index contributed by atoms with van der Waals surface area (Å²) in [5.74, 6) is -0.234. The fourth-order valence-electron chi connectivity index (χ4n) is 3.26. The Morgan fingerprint density at radius 1 is 1.00 bits per heavy atom. The van der Waals surface area contributed by atoms with Gasteiger partial charge < -0.3 is 5.32 Å². The molecule has 1 fully saturated rings. The van der Waals surface area contributed by atoms with Gasteiger partial charge in [-0.1, -0.05) is 13.3 Å². The number of rotatable bonds is 7. The number of hydrogen-bond donors (Lipinski definition) is 1. The molecular formula is C19H25F6N3O3S. The molecule has 1 aliphatic heterocycles. The van der Waals surface area contributed by atoms with Crippen LogP contribution in [0.2, 0.25) is 0 Å². The first-order valence-electron chi connectivity index (χ1n) is 9.99. The number of sulfonamides is 1. The molecule has 1 saturated heterocycles. The normalized spacial score (nSPS) is 17.9. The lowest BCUT2D eigenvalue weighted by molar-refractivity contribution is -0.143. The number of nitrogens with one attached hydrogen (secondary N) is 1. The average molecular weight is 489 g/mol. The molecule has 32 heavy (non-hydrogen) atoms. The molecule has 1 atom stereocenters. The smallest absolute Gasteiger partial charge is 0.355 e. The number of benzene rings is 1. The Labute approximate surface area is 182 Å². The van der Waals surface area contributed by atoms with E-state index in [9.17, 15) is 39.6 Å². The molecule has 1 N–H and O–H groups in total. The summed E-state index contributed by atoms with van der Waals surface area (Å²) in [5.41, 5.74) is -3.39.